The number of rotatable bonds is 10. The predicted molar refractivity (Wildman–Crippen MR) is 132 cm³/mol. The molecule has 168 valence electrons. The van der Waals surface area contributed by atoms with Gasteiger partial charge in [-0.3, -0.25) is 0 Å². The second-order valence-electron chi connectivity index (χ2n) is 8.38. The fraction of sp³-hybridized carbons (Fsp3) is 0.462. The summed E-state index contributed by atoms with van der Waals surface area (Å²) in [6, 6.07) is 12.8. The Bertz CT molecular complexity index is 1030. The Morgan fingerprint density at radius 2 is 1.87 bits per heavy atom. The van der Waals surface area contributed by atoms with Crippen LogP contribution in [0.25, 0.3) is 22.0 Å². The minimum atomic E-state index is -0.527. The van der Waals surface area contributed by atoms with Gasteiger partial charge in [-0.25, -0.2) is 0 Å². The zero-order valence-electron chi connectivity index (χ0n) is 19.2. The molecule has 4 nitrogen and oxygen atoms in total. The summed E-state index contributed by atoms with van der Waals surface area (Å²) in [5.41, 5.74) is 4.97. The van der Waals surface area contributed by atoms with E-state index in [0.717, 1.165) is 50.8 Å². The molecule has 31 heavy (non-hydrogen) atoms. The van der Waals surface area contributed by atoms with Gasteiger partial charge in [-0.2, -0.15) is 0 Å². The Labute approximate surface area is 194 Å². The Kier molecular flexibility index (Phi) is 7.84. The Balaban J connectivity index is 2.29. The molecule has 3 rings (SSSR count). The van der Waals surface area contributed by atoms with Crippen LogP contribution in [0, 0.1) is 0 Å². The van der Waals surface area contributed by atoms with Gasteiger partial charge in [-0.15, -0.1) is 0 Å². The van der Waals surface area contributed by atoms with Gasteiger partial charge in [0.1, 0.15) is 11.4 Å². The fourth-order valence-corrected chi connectivity index (χ4v) is 4.54. The van der Waals surface area contributed by atoms with E-state index >= 15 is 0 Å². The number of aliphatic hydroxyl groups excluding tert-OH is 1. The molecule has 0 fully saturated rings. The number of hydrogen-bond acceptors (Lipinski definition) is 3. The molecule has 5 heteroatoms. The molecule has 0 aliphatic heterocycles. The maximum atomic E-state index is 9.80. The third-order valence-corrected chi connectivity index (χ3v) is 6.52. The van der Waals surface area contributed by atoms with Crippen LogP contribution in [0.15, 0.2) is 40.9 Å². The highest BCUT2D eigenvalue weighted by Crippen LogP contribution is 2.41. The van der Waals surface area contributed by atoms with Gasteiger partial charge in [0, 0.05) is 46.3 Å². The average Bonchev–Trinajstić information content (AvgIpc) is 3.20. The third-order valence-electron chi connectivity index (χ3n) is 6.03. The first-order valence-electron chi connectivity index (χ1n) is 11.1. The van der Waals surface area contributed by atoms with Crippen molar-refractivity contribution in [1.29, 1.82) is 0 Å². The summed E-state index contributed by atoms with van der Waals surface area (Å²) in [6.07, 6.45) is 2.28. The Hall–Kier alpha value is -1.82. The Morgan fingerprint density at radius 3 is 2.48 bits per heavy atom. The van der Waals surface area contributed by atoms with E-state index in [1.165, 1.54) is 5.56 Å². The molecule has 0 saturated heterocycles. The lowest BCUT2D eigenvalue weighted by atomic mass is 9.92. The van der Waals surface area contributed by atoms with Gasteiger partial charge in [0.2, 0.25) is 0 Å². The summed E-state index contributed by atoms with van der Waals surface area (Å²) in [5, 5.41) is 10.9. The first kappa shape index (κ1) is 23.8. The number of nitrogens with one attached hydrogen (secondary N) is 1. The summed E-state index contributed by atoms with van der Waals surface area (Å²) in [7, 11) is 1.71. The summed E-state index contributed by atoms with van der Waals surface area (Å²) in [5.74, 6) is 1.23. The van der Waals surface area contributed by atoms with Crippen molar-refractivity contribution < 1.29 is 14.6 Å². The molecule has 1 heterocycles. The second-order valence-corrected chi connectivity index (χ2v) is 9.30. The first-order valence-corrected chi connectivity index (χ1v) is 11.9. The van der Waals surface area contributed by atoms with Gasteiger partial charge < -0.3 is 19.6 Å². The van der Waals surface area contributed by atoms with Crippen LogP contribution in [-0.4, -0.2) is 30.4 Å². The number of H-pyrrole nitrogens is 1. The van der Waals surface area contributed by atoms with Crippen molar-refractivity contribution in [2.75, 3.05) is 20.3 Å². The quantitative estimate of drug-likeness (QED) is 0.319. The van der Waals surface area contributed by atoms with E-state index < -0.39 is 5.60 Å². The molecular weight excluding hydrogens is 454 g/mol. The molecule has 0 aliphatic carbocycles. The van der Waals surface area contributed by atoms with Crippen LogP contribution in [-0.2, 0) is 10.3 Å². The molecule has 0 aliphatic rings. The lowest BCUT2D eigenvalue weighted by Gasteiger charge is -2.31. The van der Waals surface area contributed by atoms with Crippen LogP contribution >= 0.6 is 15.9 Å². The molecule has 1 unspecified atom stereocenters. The highest BCUT2D eigenvalue weighted by Gasteiger charge is 2.33. The molecule has 0 spiro atoms. The summed E-state index contributed by atoms with van der Waals surface area (Å²) in [4.78, 5) is 3.68. The summed E-state index contributed by atoms with van der Waals surface area (Å²) >= 11 is 3.62. The predicted octanol–water partition coefficient (Wildman–Crippen LogP) is 7.14. The normalized spacial score (nSPS) is 13.7. The van der Waals surface area contributed by atoms with E-state index in [1.807, 2.05) is 12.1 Å². The average molecular weight is 488 g/mol. The maximum absolute atomic E-state index is 9.80. The zero-order chi connectivity index (χ0) is 22.6. The number of ether oxygens (including phenoxy) is 2. The summed E-state index contributed by atoms with van der Waals surface area (Å²) in [6.45, 7) is 9.39. The number of fused-ring (bicyclic) bond motifs is 1. The molecular formula is C26H34BrNO3. The van der Waals surface area contributed by atoms with Crippen molar-refractivity contribution in [3.05, 3.63) is 52.1 Å². The van der Waals surface area contributed by atoms with Crippen molar-refractivity contribution in [3.63, 3.8) is 0 Å². The lowest BCUT2D eigenvalue weighted by Crippen LogP contribution is -2.31. The standard InChI is InChI=1S/C26H34BrNO3/c1-6-12-31-26(7-2,10-11-29)24-15-19-13-18(17(3)4)14-22(25(19)28-24)21-16-20(27)8-9-23(21)30-5/h8-9,13-17,28-29H,6-7,10-12H2,1-5H3. The highest BCUT2D eigenvalue weighted by molar-refractivity contribution is 9.10. The zero-order valence-corrected chi connectivity index (χ0v) is 20.8. The van der Waals surface area contributed by atoms with Crippen molar-refractivity contribution in [3.8, 4) is 16.9 Å². The smallest absolute Gasteiger partial charge is 0.126 e. The lowest BCUT2D eigenvalue weighted by molar-refractivity contribution is -0.0706. The molecule has 0 bridgehead atoms. The topological polar surface area (TPSA) is 54.5 Å². The molecule has 1 atom stereocenters. The first-order chi connectivity index (χ1) is 14.9. The van der Waals surface area contributed by atoms with Crippen LogP contribution < -0.4 is 4.74 Å². The van der Waals surface area contributed by atoms with E-state index in [9.17, 15) is 5.11 Å². The van der Waals surface area contributed by atoms with Crippen LogP contribution in [0.4, 0.5) is 0 Å². The van der Waals surface area contributed by atoms with Gasteiger partial charge in [-0.05, 0) is 60.7 Å². The third kappa shape index (κ3) is 4.84. The van der Waals surface area contributed by atoms with Crippen molar-refractivity contribution >= 4 is 26.8 Å². The minimum Gasteiger partial charge on any atom is -0.496 e. The largest absolute Gasteiger partial charge is 0.496 e. The Morgan fingerprint density at radius 1 is 1.10 bits per heavy atom. The van der Waals surface area contributed by atoms with Crippen LogP contribution in [0.5, 0.6) is 5.75 Å². The number of hydrogen-bond donors (Lipinski definition) is 2. The minimum absolute atomic E-state index is 0.0798. The van der Waals surface area contributed by atoms with Crippen LogP contribution in [0.1, 0.15) is 64.1 Å². The second kappa shape index (κ2) is 10.2. The van der Waals surface area contributed by atoms with Crippen molar-refractivity contribution in [2.45, 2.75) is 58.5 Å². The molecule has 2 aromatic carbocycles. The van der Waals surface area contributed by atoms with E-state index in [4.69, 9.17) is 9.47 Å². The SMILES string of the molecule is CCCOC(CC)(CCO)c1cc2cc(C(C)C)cc(-c3cc(Br)ccc3OC)c2[nH]1. The van der Waals surface area contributed by atoms with Gasteiger partial charge >= 0.3 is 0 Å². The van der Waals surface area contributed by atoms with Crippen molar-refractivity contribution in [1.82, 2.24) is 4.98 Å². The van der Waals surface area contributed by atoms with Gasteiger partial charge in [-0.1, -0.05) is 43.6 Å². The van der Waals surface area contributed by atoms with Gasteiger partial charge in [0.05, 0.1) is 12.6 Å². The van der Waals surface area contributed by atoms with E-state index in [-0.39, 0.29) is 6.61 Å². The highest BCUT2D eigenvalue weighted by atomic mass is 79.9. The maximum Gasteiger partial charge on any atom is 0.126 e. The van der Waals surface area contributed by atoms with Gasteiger partial charge in [0.25, 0.3) is 0 Å². The molecule has 0 amide bonds. The number of aromatic amines is 1. The van der Waals surface area contributed by atoms with E-state index in [1.54, 1.807) is 7.11 Å². The number of benzene rings is 2. The van der Waals surface area contributed by atoms with Crippen molar-refractivity contribution in [2.24, 2.45) is 0 Å². The van der Waals surface area contributed by atoms with Crippen LogP contribution in [0.3, 0.4) is 0 Å². The number of methoxy groups -OCH3 is 1. The molecule has 0 radical (unpaired) electrons. The summed E-state index contributed by atoms with van der Waals surface area (Å²) < 4.78 is 13.1. The fourth-order valence-electron chi connectivity index (χ4n) is 4.18. The number of aliphatic hydroxyl groups is 1. The van der Waals surface area contributed by atoms with E-state index in [2.05, 4.69) is 72.9 Å². The molecule has 1 aromatic heterocycles. The number of halogens is 1. The molecule has 3 aromatic rings. The van der Waals surface area contributed by atoms with Crippen LogP contribution in [0.2, 0.25) is 0 Å². The monoisotopic (exact) mass is 487 g/mol. The van der Waals surface area contributed by atoms with E-state index in [0.29, 0.717) is 18.9 Å². The van der Waals surface area contributed by atoms with Gasteiger partial charge in [0.15, 0.2) is 0 Å². The molecule has 2 N–H and O–H groups in total. The number of aromatic nitrogens is 1. The molecule has 0 saturated carbocycles.